The number of aliphatic hydroxyl groups is 1. The number of aliphatic hydroxyl groups excluding tert-OH is 1. The Labute approximate surface area is 161 Å². The molecule has 27 heavy (non-hydrogen) atoms. The molecule has 0 radical (unpaired) electrons. The highest BCUT2D eigenvalue weighted by Gasteiger charge is 2.26. The van der Waals surface area contributed by atoms with Crippen molar-refractivity contribution in [1.29, 1.82) is 0 Å². The van der Waals surface area contributed by atoms with Gasteiger partial charge in [-0.2, -0.15) is 0 Å². The summed E-state index contributed by atoms with van der Waals surface area (Å²) in [5.74, 6) is 0.750. The lowest BCUT2D eigenvalue weighted by atomic mass is 10.1. The first-order valence-corrected chi connectivity index (χ1v) is 9.58. The summed E-state index contributed by atoms with van der Waals surface area (Å²) in [5.41, 5.74) is 1.33. The maximum atomic E-state index is 12.2. The van der Waals surface area contributed by atoms with Crippen LogP contribution in [-0.2, 0) is 0 Å². The average molecular weight is 380 g/mol. The predicted octanol–water partition coefficient (Wildman–Crippen LogP) is 4.63. The molecule has 1 aromatic carbocycles. The molecule has 0 heterocycles. The summed E-state index contributed by atoms with van der Waals surface area (Å²) in [7, 11) is 0. The van der Waals surface area contributed by atoms with Gasteiger partial charge in [-0.1, -0.05) is 39.0 Å². The number of carbonyl (C=O) groups is 2. The van der Waals surface area contributed by atoms with Crippen LogP contribution in [0.1, 0.15) is 57.9 Å². The van der Waals surface area contributed by atoms with Crippen molar-refractivity contribution in [1.82, 2.24) is 4.90 Å². The quantitative estimate of drug-likeness (QED) is 0.486. The zero-order valence-electron chi connectivity index (χ0n) is 16.5. The van der Waals surface area contributed by atoms with Crippen molar-refractivity contribution in [2.75, 3.05) is 18.5 Å². The van der Waals surface area contributed by atoms with Gasteiger partial charge in [-0.05, 0) is 44.0 Å². The number of benzene rings is 1. The fourth-order valence-corrected chi connectivity index (χ4v) is 2.69. The number of nitrogens with one attached hydrogen (secondary N) is 1. The summed E-state index contributed by atoms with van der Waals surface area (Å²) in [6, 6.07) is 3.54. The zero-order valence-corrected chi connectivity index (χ0v) is 16.5. The van der Waals surface area contributed by atoms with Crippen LogP contribution in [0.3, 0.4) is 0 Å². The first-order valence-electron chi connectivity index (χ1n) is 9.58. The fraction of sp³-hybridized carbons (Fsp3) is 0.600. The van der Waals surface area contributed by atoms with Gasteiger partial charge in [0.2, 0.25) is 0 Å². The normalized spacial score (nSPS) is 11.7. The van der Waals surface area contributed by atoms with Gasteiger partial charge in [0.25, 0.3) is 0 Å². The van der Waals surface area contributed by atoms with Crippen LogP contribution in [-0.4, -0.2) is 46.5 Å². The number of unbranched alkanes of at least 4 members (excludes halogenated alkanes) is 5. The van der Waals surface area contributed by atoms with Crippen molar-refractivity contribution in [3.8, 4) is 5.75 Å². The van der Waals surface area contributed by atoms with Gasteiger partial charge in [-0.25, -0.2) is 14.5 Å². The van der Waals surface area contributed by atoms with E-state index >= 15 is 0 Å². The highest BCUT2D eigenvalue weighted by atomic mass is 16.5. The Morgan fingerprint density at radius 1 is 1.19 bits per heavy atom. The summed E-state index contributed by atoms with van der Waals surface area (Å²) in [5, 5.41) is 20.8. The number of carboxylic acid groups (broad SMARTS) is 1. The molecule has 0 aromatic heterocycles. The highest BCUT2D eigenvalue weighted by Crippen LogP contribution is 2.23. The highest BCUT2D eigenvalue weighted by molar-refractivity contribution is 5.98. The van der Waals surface area contributed by atoms with Crippen molar-refractivity contribution in [2.24, 2.45) is 0 Å². The third-order valence-electron chi connectivity index (χ3n) is 4.31. The minimum atomic E-state index is -1.41. The van der Waals surface area contributed by atoms with Crippen LogP contribution in [0.5, 0.6) is 5.75 Å². The van der Waals surface area contributed by atoms with Crippen LogP contribution in [0.4, 0.5) is 15.3 Å². The van der Waals surface area contributed by atoms with E-state index in [2.05, 4.69) is 12.2 Å². The third kappa shape index (κ3) is 7.86. The molecular weight excluding hydrogens is 348 g/mol. The molecule has 3 amide bonds. The molecule has 1 atom stereocenters. The number of nitrogens with zero attached hydrogens (tertiary/aromatic N) is 1. The molecule has 1 aromatic rings. The molecule has 1 unspecified atom stereocenters. The zero-order chi connectivity index (χ0) is 20.2. The SMILES string of the molecule is CCCCCCCCOc1ccc(NC(=O)N(C(=O)O)C(C)CO)cc1C. The molecule has 0 fully saturated rings. The topological polar surface area (TPSA) is 99.1 Å². The van der Waals surface area contributed by atoms with E-state index in [1.807, 2.05) is 6.92 Å². The van der Waals surface area contributed by atoms with E-state index in [0.717, 1.165) is 24.2 Å². The first kappa shape index (κ1) is 22.8. The Kier molecular flexibility index (Phi) is 10.3. The number of ether oxygens (including phenoxy) is 1. The molecule has 0 aliphatic heterocycles. The van der Waals surface area contributed by atoms with Crippen LogP contribution in [0.15, 0.2) is 18.2 Å². The molecule has 0 saturated carbocycles. The number of rotatable bonds is 11. The van der Waals surface area contributed by atoms with Crippen LogP contribution < -0.4 is 10.1 Å². The van der Waals surface area contributed by atoms with E-state index in [1.54, 1.807) is 18.2 Å². The number of aryl methyl sites for hydroxylation is 1. The van der Waals surface area contributed by atoms with Gasteiger partial charge in [0.1, 0.15) is 5.75 Å². The van der Waals surface area contributed by atoms with E-state index in [0.29, 0.717) is 17.2 Å². The Bertz CT molecular complexity index is 606. The maximum absolute atomic E-state index is 12.2. The van der Waals surface area contributed by atoms with Gasteiger partial charge in [0.15, 0.2) is 0 Å². The molecule has 7 heteroatoms. The molecule has 152 valence electrons. The van der Waals surface area contributed by atoms with Gasteiger partial charge >= 0.3 is 12.1 Å². The monoisotopic (exact) mass is 380 g/mol. The summed E-state index contributed by atoms with van der Waals surface area (Å²) < 4.78 is 5.79. The van der Waals surface area contributed by atoms with Crippen molar-refractivity contribution >= 4 is 17.8 Å². The van der Waals surface area contributed by atoms with Gasteiger partial charge in [0.05, 0.1) is 19.3 Å². The summed E-state index contributed by atoms with van der Waals surface area (Å²) >= 11 is 0. The lowest BCUT2D eigenvalue weighted by Gasteiger charge is -2.23. The Hall–Kier alpha value is -2.28. The van der Waals surface area contributed by atoms with Crippen LogP contribution in [0, 0.1) is 6.92 Å². The molecule has 0 spiro atoms. The molecular formula is C20H32N2O5. The molecule has 0 aliphatic carbocycles. The minimum absolute atomic E-state index is 0.441. The van der Waals surface area contributed by atoms with Crippen molar-refractivity contribution < 1.29 is 24.5 Å². The molecule has 1 rings (SSSR count). The summed E-state index contributed by atoms with van der Waals surface area (Å²) in [6.07, 6.45) is 5.77. The lowest BCUT2D eigenvalue weighted by Crippen LogP contribution is -2.46. The molecule has 3 N–H and O–H groups in total. The van der Waals surface area contributed by atoms with E-state index in [1.165, 1.54) is 32.6 Å². The van der Waals surface area contributed by atoms with E-state index in [4.69, 9.17) is 14.9 Å². The van der Waals surface area contributed by atoms with Gasteiger partial charge in [0, 0.05) is 5.69 Å². The number of carbonyl (C=O) groups excluding carboxylic acids is 1. The minimum Gasteiger partial charge on any atom is -0.493 e. The maximum Gasteiger partial charge on any atom is 0.415 e. The number of urea groups is 1. The van der Waals surface area contributed by atoms with Gasteiger partial charge in [-0.3, -0.25) is 0 Å². The number of amides is 3. The standard InChI is InChI=1S/C20H32N2O5/c1-4-5-6-7-8-9-12-27-18-11-10-17(13-15(18)2)21-19(24)22(20(25)26)16(3)14-23/h10-11,13,16,23H,4-9,12,14H2,1-3H3,(H,21,24)(H,25,26). The molecule has 7 nitrogen and oxygen atoms in total. The van der Waals surface area contributed by atoms with Crippen molar-refractivity contribution in [3.05, 3.63) is 23.8 Å². The average Bonchev–Trinajstić information content (AvgIpc) is 2.62. The van der Waals surface area contributed by atoms with Crippen molar-refractivity contribution in [2.45, 2.75) is 65.3 Å². The van der Waals surface area contributed by atoms with Crippen LogP contribution in [0.25, 0.3) is 0 Å². The second-order valence-corrected chi connectivity index (χ2v) is 6.71. The number of imide groups is 1. The Morgan fingerprint density at radius 3 is 2.44 bits per heavy atom. The molecule has 0 bridgehead atoms. The van der Waals surface area contributed by atoms with E-state index in [9.17, 15) is 9.59 Å². The van der Waals surface area contributed by atoms with E-state index in [-0.39, 0.29) is 0 Å². The first-order chi connectivity index (χ1) is 12.9. The number of hydrogen-bond donors (Lipinski definition) is 3. The molecule has 0 saturated heterocycles. The largest absolute Gasteiger partial charge is 0.493 e. The number of hydrogen-bond acceptors (Lipinski definition) is 4. The Morgan fingerprint density at radius 2 is 1.85 bits per heavy atom. The second-order valence-electron chi connectivity index (χ2n) is 6.71. The Balaban J connectivity index is 2.54. The summed E-state index contributed by atoms with van der Waals surface area (Å²) in [4.78, 5) is 23.9. The smallest absolute Gasteiger partial charge is 0.415 e. The van der Waals surface area contributed by atoms with Gasteiger partial charge < -0.3 is 20.3 Å². The lowest BCUT2D eigenvalue weighted by molar-refractivity contribution is 0.120. The predicted molar refractivity (Wildman–Crippen MR) is 105 cm³/mol. The molecule has 0 aliphatic rings. The third-order valence-corrected chi connectivity index (χ3v) is 4.31. The fourth-order valence-electron chi connectivity index (χ4n) is 2.69. The summed E-state index contributed by atoms with van der Waals surface area (Å²) in [6.45, 7) is 5.74. The second kappa shape index (κ2) is 12.2. The van der Waals surface area contributed by atoms with Crippen LogP contribution >= 0.6 is 0 Å². The van der Waals surface area contributed by atoms with Gasteiger partial charge in [-0.15, -0.1) is 0 Å². The van der Waals surface area contributed by atoms with E-state index < -0.39 is 24.8 Å². The van der Waals surface area contributed by atoms with Crippen LogP contribution in [0.2, 0.25) is 0 Å². The van der Waals surface area contributed by atoms with Crippen molar-refractivity contribution in [3.63, 3.8) is 0 Å². The number of anilines is 1.